The zero-order chi connectivity index (χ0) is 17.3. The molecule has 4 rings (SSSR count). The highest BCUT2D eigenvalue weighted by atomic mass is 35.5. The van der Waals surface area contributed by atoms with Gasteiger partial charge in [0.15, 0.2) is 11.5 Å². The number of likely N-dealkylation sites (tertiary alicyclic amines) is 1. The van der Waals surface area contributed by atoms with Crippen molar-refractivity contribution in [1.82, 2.24) is 10.2 Å². The Balaban J connectivity index is 1.24. The molecule has 0 radical (unpaired) electrons. The summed E-state index contributed by atoms with van der Waals surface area (Å²) in [6, 6.07) is 5.47. The van der Waals surface area contributed by atoms with Gasteiger partial charge in [-0.3, -0.25) is 4.79 Å². The fourth-order valence-electron chi connectivity index (χ4n) is 3.64. The van der Waals surface area contributed by atoms with Gasteiger partial charge >= 0.3 is 0 Å². The van der Waals surface area contributed by atoms with E-state index in [4.69, 9.17) is 25.8 Å². The lowest BCUT2D eigenvalue weighted by molar-refractivity contribution is -0.150. The van der Waals surface area contributed by atoms with Gasteiger partial charge in [0.1, 0.15) is 19.3 Å². The molecule has 0 bridgehead atoms. The third kappa shape index (κ3) is 3.86. The van der Waals surface area contributed by atoms with Gasteiger partial charge in [-0.2, -0.15) is 0 Å². The number of halogens is 1. The van der Waals surface area contributed by atoms with Crippen LogP contribution in [0.5, 0.6) is 11.5 Å². The van der Waals surface area contributed by atoms with Crippen molar-refractivity contribution < 1.29 is 19.0 Å². The number of carbonyl (C=O) groups excluding carboxylic acids is 1. The second kappa shape index (κ2) is 7.02. The van der Waals surface area contributed by atoms with Gasteiger partial charge in [-0.1, -0.05) is 11.6 Å². The first-order chi connectivity index (χ1) is 12.1. The van der Waals surface area contributed by atoms with E-state index in [1.54, 1.807) is 6.07 Å². The Labute approximate surface area is 152 Å². The van der Waals surface area contributed by atoms with Crippen molar-refractivity contribution in [2.24, 2.45) is 0 Å². The topological polar surface area (TPSA) is 60.0 Å². The lowest BCUT2D eigenvalue weighted by atomic mass is 9.90. The zero-order valence-electron chi connectivity index (χ0n) is 14.1. The molecule has 1 amide bonds. The van der Waals surface area contributed by atoms with Crippen molar-refractivity contribution in [2.45, 2.75) is 31.0 Å². The number of nitrogens with zero attached hydrogens (tertiary/aromatic N) is 1. The molecule has 1 aromatic rings. The lowest BCUT2D eigenvalue weighted by Gasteiger charge is -2.43. The van der Waals surface area contributed by atoms with Crippen molar-refractivity contribution in [2.75, 3.05) is 39.4 Å². The maximum absolute atomic E-state index is 11.3. The van der Waals surface area contributed by atoms with Crippen LogP contribution in [0, 0.1) is 0 Å². The number of amides is 1. The van der Waals surface area contributed by atoms with E-state index in [9.17, 15) is 4.79 Å². The first-order valence-electron chi connectivity index (χ1n) is 8.84. The quantitative estimate of drug-likeness (QED) is 0.884. The van der Waals surface area contributed by atoms with E-state index in [0.29, 0.717) is 18.2 Å². The summed E-state index contributed by atoms with van der Waals surface area (Å²) >= 11 is 5.97. The van der Waals surface area contributed by atoms with Crippen LogP contribution in [0.25, 0.3) is 0 Å². The molecule has 3 aliphatic rings. The summed E-state index contributed by atoms with van der Waals surface area (Å²) in [7, 11) is 0. The number of hydrogen-bond donors (Lipinski definition) is 1. The van der Waals surface area contributed by atoms with Crippen LogP contribution in [-0.4, -0.2) is 61.9 Å². The van der Waals surface area contributed by atoms with Gasteiger partial charge in [0.2, 0.25) is 5.91 Å². The summed E-state index contributed by atoms with van der Waals surface area (Å²) in [5.41, 5.74) is -0.160. The lowest BCUT2D eigenvalue weighted by Crippen LogP contribution is -2.57. The van der Waals surface area contributed by atoms with E-state index in [2.05, 4.69) is 10.2 Å². The van der Waals surface area contributed by atoms with Crippen LogP contribution >= 0.6 is 11.6 Å². The van der Waals surface area contributed by atoms with Gasteiger partial charge in [-0.15, -0.1) is 0 Å². The van der Waals surface area contributed by atoms with Crippen LogP contribution in [0.2, 0.25) is 5.02 Å². The number of benzene rings is 1. The second-order valence-electron chi connectivity index (χ2n) is 7.02. The molecule has 1 unspecified atom stereocenters. The van der Waals surface area contributed by atoms with Crippen LogP contribution in [0.1, 0.15) is 19.3 Å². The highest BCUT2D eigenvalue weighted by Gasteiger charge is 2.39. The predicted octanol–water partition coefficient (Wildman–Crippen LogP) is 1.85. The van der Waals surface area contributed by atoms with Crippen LogP contribution in [0.4, 0.5) is 0 Å². The molecule has 7 heteroatoms. The third-order valence-electron chi connectivity index (χ3n) is 5.28. The molecule has 0 aromatic heterocycles. The predicted molar refractivity (Wildman–Crippen MR) is 93.3 cm³/mol. The standard InChI is InChI=1S/C18H23ClN2O4/c19-13-1-2-15-16(9-13)23-10-14(25-15)3-6-21-7-4-18(5-8-21)12-20-17(22)11-24-18/h1-2,9,14H,3-8,10-12H2,(H,20,22). The fraction of sp³-hybridized carbons (Fsp3) is 0.611. The number of carbonyl (C=O) groups is 1. The normalized spacial score (nSPS) is 25.6. The minimum Gasteiger partial charge on any atom is -0.486 e. The summed E-state index contributed by atoms with van der Waals surface area (Å²) in [6.07, 6.45) is 2.90. The van der Waals surface area contributed by atoms with Gasteiger partial charge in [0, 0.05) is 43.7 Å². The van der Waals surface area contributed by atoms with Crippen LogP contribution in [0.15, 0.2) is 18.2 Å². The Bertz CT molecular complexity index is 634. The molecule has 0 aliphatic carbocycles. The van der Waals surface area contributed by atoms with E-state index in [1.807, 2.05) is 12.1 Å². The Morgan fingerprint density at radius 1 is 1.28 bits per heavy atom. The molecule has 6 nitrogen and oxygen atoms in total. The number of ether oxygens (including phenoxy) is 3. The van der Waals surface area contributed by atoms with Crippen LogP contribution < -0.4 is 14.8 Å². The molecule has 136 valence electrons. The maximum atomic E-state index is 11.3. The molecular weight excluding hydrogens is 344 g/mol. The van der Waals surface area contributed by atoms with Crippen LogP contribution in [0.3, 0.4) is 0 Å². The van der Waals surface area contributed by atoms with Gasteiger partial charge in [-0.25, -0.2) is 0 Å². The monoisotopic (exact) mass is 366 g/mol. The van der Waals surface area contributed by atoms with E-state index < -0.39 is 0 Å². The Hall–Kier alpha value is -1.50. The van der Waals surface area contributed by atoms with Crippen molar-refractivity contribution in [3.63, 3.8) is 0 Å². The average molecular weight is 367 g/mol. The summed E-state index contributed by atoms with van der Waals surface area (Å²) in [5, 5.41) is 3.58. The molecule has 0 saturated carbocycles. The molecule has 1 N–H and O–H groups in total. The van der Waals surface area contributed by atoms with Gasteiger partial charge < -0.3 is 24.4 Å². The Morgan fingerprint density at radius 3 is 2.88 bits per heavy atom. The third-order valence-corrected chi connectivity index (χ3v) is 5.51. The summed E-state index contributed by atoms with van der Waals surface area (Å²) < 4.78 is 17.6. The number of piperidine rings is 1. The number of fused-ring (bicyclic) bond motifs is 1. The maximum Gasteiger partial charge on any atom is 0.246 e. The second-order valence-corrected chi connectivity index (χ2v) is 7.46. The molecule has 2 fully saturated rings. The molecule has 25 heavy (non-hydrogen) atoms. The van der Waals surface area contributed by atoms with Gasteiger partial charge in [0.25, 0.3) is 0 Å². The zero-order valence-corrected chi connectivity index (χ0v) is 14.9. The van der Waals surface area contributed by atoms with E-state index >= 15 is 0 Å². The Kier molecular flexibility index (Phi) is 4.75. The number of morpholine rings is 1. The van der Waals surface area contributed by atoms with E-state index in [0.717, 1.165) is 50.4 Å². The van der Waals surface area contributed by atoms with Crippen molar-refractivity contribution in [3.05, 3.63) is 23.2 Å². The molecule has 1 spiro atoms. The minimum atomic E-state index is -0.160. The number of rotatable bonds is 3. The van der Waals surface area contributed by atoms with E-state index in [1.165, 1.54) is 0 Å². The van der Waals surface area contributed by atoms with Gasteiger partial charge in [0.05, 0.1) is 5.60 Å². The fourth-order valence-corrected chi connectivity index (χ4v) is 3.80. The molecule has 1 aromatic carbocycles. The summed E-state index contributed by atoms with van der Waals surface area (Å²) in [6.45, 7) is 4.32. The number of nitrogens with one attached hydrogen (secondary N) is 1. The van der Waals surface area contributed by atoms with Gasteiger partial charge in [-0.05, 0) is 25.0 Å². The summed E-state index contributed by atoms with van der Waals surface area (Å²) in [4.78, 5) is 13.7. The molecule has 3 aliphatic heterocycles. The largest absolute Gasteiger partial charge is 0.486 e. The minimum absolute atomic E-state index is 0.0101. The molecule has 1 atom stereocenters. The van der Waals surface area contributed by atoms with Crippen molar-refractivity contribution >= 4 is 17.5 Å². The molecule has 2 saturated heterocycles. The van der Waals surface area contributed by atoms with Crippen LogP contribution in [-0.2, 0) is 9.53 Å². The smallest absolute Gasteiger partial charge is 0.246 e. The highest BCUT2D eigenvalue weighted by Crippen LogP contribution is 2.35. The summed E-state index contributed by atoms with van der Waals surface area (Å²) in [5.74, 6) is 1.48. The number of hydrogen-bond acceptors (Lipinski definition) is 5. The average Bonchev–Trinajstić information content (AvgIpc) is 2.64. The Morgan fingerprint density at radius 2 is 2.12 bits per heavy atom. The highest BCUT2D eigenvalue weighted by molar-refractivity contribution is 6.30. The first kappa shape index (κ1) is 16.9. The first-order valence-corrected chi connectivity index (χ1v) is 9.22. The SMILES string of the molecule is O=C1COC2(CCN(CCC3COc4cc(Cl)ccc4O3)CC2)CN1. The van der Waals surface area contributed by atoms with Crippen molar-refractivity contribution in [1.29, 1.82) is 0 Å². The molecule has 3 heterocycles. The van der Waals surface area contributed by atoms with Crippen molar-refractivity contribution in [3.8, 4) is 11.5 Å². The van der Waals surface area contributed by atoms with E-state index in [-0.39, 0.29) is 24.2 Å². The molecular formula is C18H23ClN2O4.